The summed E-state index contributed by atoms with van der Waals surface area (Å²) in [5, 5.41) is 7.47. The van der Waals surface area contributed by atoms with Gasteiger partial charge in [-0.2, -0.15) is 0 Å². The number of nitrogens with one attached hydrogen (secondary N) is 1. The van der Waals surface area contributed by atoms with Gasteiger partial charge < -0.3 is 8.98 Å². The van der Waals surface area contributed by atoms with Gasteiger partial charge in [-0.1, -0.05) is 42.1 Å². The van der Waals surface area contributed by atoms with Crippen LogP contribution in [0.1, 0.15) is 34.4 Å². The second kappa shape index (κ2) is 8.13. The summed E-state index contributed by atoms with van der Waals surface area (Å²) in [5.41, 5.74) is 3.67. The number of benzene rings is 1. The zero-order chi connectivity index (χ0) is 20.4. The number of H-pyrrole nitrogens is 1. The second-order valence-corrected chi connectivity index (χ2v) is 8.22. The molecule has 0 fully saturated rings. The van der Waals surface area contributed by atoms with Crippen molar-refractivity contribution in [2.45, 2.75) is 37.7 Å². The average molecular weight is 407 g/mol. The third kappa shape index (κ3) is 4.05. The highest BCUT2D eigenvalue weighted by atomic mass is 32.2. The van der Waals surface area contributed by atoms with Crippen molar-refractivity contribution in [3.8, 4) is 11.4 Å². The van der Waals surface area contributed by atoms with Gasteiger partial charge in [0.25, 0.3) is 0 Å². The molecule has 0 bridgehead atoms. The van der Waals surface area contributed by atoms with E-state index in [-0.39, 0.29) is 11.0 Å². The quantitative estimate of drug-likeness (QED) is 0.349. The van der Waals surface area contributed by atoms with E-state index >= 15 is 0 Å². The lowest BCUT2D eigenvalue weighted by Crippen LogP contribution is -2.15. The van der Waals surface area contributed by atoms with E-state index in [4.69, 9.17) is 4.42 Å². The standard InChI is InChI=1S/C22H22N4O2S/c1-14-12-19(15(2)26(14)13-18-10-7-11-28-18)20(27)16(3)29-22-23-21(24-25-22)17-8-5-4-6-9-17/h4-12,16H,13H2,1-3H3,(H,23,24,25)/t16-/m0/s1. The smallest absolute Gasteiger partial charge is 0.209 e. The Hall–Kier alpha value is -3.06. The molecular formula is C22H22N4O2S. The molecule has 0 saturated carbocycles. The molecule has 29 heavy (non-hydrogen) atoms. The first kappa shape index (κ1) is 19.3. The van der Waals surface area contributed by atoms with Gasteiger partial charge in [0.2, 0.25) is 5.16 Å². The molecule has 148 valence electrons. The number of aromatic amines is 1. The summed E-state index contributed by atoms with van der Waals surface area (Å²) in [7, 11) is 0. The molecule has 1 N–H and O–H groups in total. The first-order valence-electron chi connectivity index (χ1n) is 9.40. The van der Waals surface area contributed by atoms with Gasteiger partial charge in [0.05, 0.1) is 18.1 Å². The average Bonchev–Trinajstić information content (AvgIpc) is 3.46. The van der Waals surface area contributed by atoms with Crippen LogP contribution in [-0.4, -0.2) is 30.8 Å². The third-order valence-electron chi connectivity index (χ3n) is 4.90. The van der Waals surface area contributed by atoms with Crippen LogP contribution in [0.5, 0.6) is 0 Å². The highest BCUT2D eigenvalue weighted by molar-refractivity contribution is 8.00. The van der Waals surface area contributed by atoms with Crippen LogP contribution in [0.3, 0.4) is 0 Å². The number of ketones is 1. The highest BCUT2D eigenvalue weighted by Gasteiger charge is 2.23. The molecule has 3 heterocycles. The molecule has 0 amide bonds. The van der Waals surface area contributed by atoms with Crippen LogP contribution in [0, 0.1) is 13.8 Å². The monoisotopic (exact) mass is 406 g/mol. The topological polar surface area (TPSA) is 76.7 Å². The second-order valence-electron chi connectivity index (χ2n) is 6.91. The van der Waals surface area contributed by atoms with E-state index in [0.717, 1.165) is 28.3 Å². The number of thioether (sulfide) groups is 1. The number of carbonyl (C=O) groups is 1. The van der Waals surface area contributed by atoms with Gasteiger partial charge in [0, 0.05) is 22.5 Å². The largest absolute Gasteiger partial charge is 0.467 e. The molecule has 0 aliphatic rings. The van der Waals surface area contributed by atoms with Crippen LogP contribution in [-0.2, 0) is 6.54 Å². The Morgan fingerprint density at radius 1 is 1.21 bits per heavy atom. The Morgan fingerprint density at radius 3 is 2.72 bits per heavy atom. The van der Waals surface area contributed by atoms with Gasteiger partial charge in [0.1, 0.15) is 5.76 Å². The van der Waals surface area contributed by atoms with Crippen molar-refractivity contribution in [3.05, 3.63) is 77.5 Å². The molecule has 0 unspecified atom stereocenters. The molecule has 1 atom stereocenters. The Balaban J connectivity index is 1.49. The summed E-state index contributed by atoms with van der Waals surface area (Å²) in [5.74, 6) is 1.63. The maximum absolute atomic E-state index is 13.1. The van der Waals surface area contributed by atoms with Gasteiger partial charge in [-0.3, -0.25) is 9.89 Å². The van der Waals surface area contributed by atoms with Crippen LogP contribution in [0.2, 0.25) is 0 Å². The van der Waals surface area contributed by atoms with Crippen LogP contribution in [0.25, 0.3) is 11.4 Å². The lowest BCUT2D eigenvalue weighted by Gasteiger charge is -2.10. The number of carbonyl (C=O) groups excluding carboxylic acids is 1. The van der Waals surface area contributed by atoms with Crippen LogP contribution < -0.4 is 0 Å². The number of rotatable bonds is 7. The Morgan fingerprint density at radius 2 is 2.00 bits per heavy atom. The Labute approximate surface area is 173 Å². The SMILES string of the molecule is Cc1cc(C(=O)[C@H](C)Sc2n[nH]c(-c3ccccc3)n2)c(C)n1Cc1ccco1. The number of aryl methyl sites for hydroxylation is 1. The van der Waals surface area contributed by atoms with Crippen molar-refractivity contribution in [3.63, 3.8) is 0 Å². The number of Topliss-reactive ketones (excluding diaryl/α,β-unsaturated/α-hetero) is 1. The fraction of sp³-hybridized carbons (Fsp3) is 0.227. The lowest BCUT2D eigenvalue weighted by atomic mass is 10.1. The number of aromatic nitrogens is 4. The van der Waals surface area contributed by atoms with Crippen LogP contribution >= 0.6 is 11.8 Å². The van der Waals surface area contributed by atoms with E-state index in [2.05, 4.69) is 19.7 Å². The van der Waals surface area contributed by atoms with E-state index in [9.17, 15) is 4.79 Å². The van der Waals surface area contributed by atoms with Crippen molar-refractivity contribution < 1.29 is 9.21 Å². The van der Waals surface area contributed by atoms with Crippen molar-refractivity contribution in [1.82, 2.24) is 19.7 Å². The minimum Gasteiger partial charge on any atom is -0.467 e. The normalized spacial score (nSPS) is 12.2. The highest BCUT2D eigenvalue weighted by Crippen LogP contribution is 2.27. The molecule has 3 aromatic heterocycles. The first-order chi connectivity index (χ1) is 14.0. The summed E-state index contributed by atoms with van der Waals surface area (Å²) in [4.78, 5) is 17.6. The van der Waals surface area contributed by atoms with Gasteiger partial charge in [-0.15, -0.1) is 5.10 Å². The molecule has 6 nitrogen and oxygen atoms in total. The summed E-state index contributed by atoms with van der Waals surface area (Å²) < 4.78 is 7.55. The molecule has 0 aliphatic heterocycles. The van der Waals surface area contributed by atoms with Gasteiger partial charge >= 0.3 is 0 Å². The fourth-order valence-electron chi connectivity index (χ4n) is 3.31. The number of hydrogen-bond donors (Lipinski definition) is 1. The minimum atomic E-state index is -0.299. The van der Waals surface area contributed by atoms with Gasteiger partial charge in [-0.05, 0) is 39.0 Å². The zero-order valence-corrected chi connectivity index (χ0v) is 17.4. The van der Waals surface area contributed by atoms with E-state index in [1.54, 1.807) is 6.26 Å². The molecule has 0 spiro atoms. The predicted molar refractivity (Wildman–Crippen MR) is 113 cm³/mol. The van der Waals surface area contributed by atoms with E-state index in [1.807, 2.05) is 69.3 Å². The summed E-state index contributed by atoms with van der Waals surface area (Å²) in [6, 6.07) is 15.6. The van der Waals surface area contributed by atoms with Gasteiger partial charge in [0.15, 0.2) is 11.6 Å². The molecule has 1 aromatic carbocycles. The molecular weight excluding hydrogens is 384 g/mol. The first-order valence-corrected chi connectivity index (χ1v) is 10.3. The molecule has 0 saturated heterocycles. The summed E-state index contributed by atoms with van der Waals surface area (Å²) in [6.07, 6.45) is 1.66. The lowest BCUT2D eigenvalue weighted by molar-refractivity contribution is 0.0993. The third-order valence-corrected chi connectivity index (χ3v) is 5.86. The zero-order valence-electron chi connectivity index (χ0n) is 16.5. The number of hydrogen-bond acceptors (Lipinski definition) is 5. The van der Waals surface area contributed by atoms with Crippen LogP contribution in [0.4, 0.5) is 0 Å². The van der Waals surface area contributed by atoms with Crippen molar-refractivity contribution in [2.24, 2.45) is 0 Å². The molecule has 4 rings (SSSR count). The Bertz CT molecular complexity index is 1110. The van der Waals surface area contributed by atoms with E-state index < -0.39 is 0 Å². The van der Waals surface area contributed by atoms with Crippen molar-refractivity contribution in [2.75, 3.05) is 0 Å². The maximum Gasteiger partial charge on any atom is 0.209 e. The van der Waals surface area contributed by atoms with E-state index in [1.165, 1.54) is 11.8 Å². The summed E-state index contributed by atoms with van der Waals surface area (Å²) in [6.45, 7) is 6.48. The molecule has 7 heteroatoms. The molecule has 0 aliphatic carbocycles. The maximum atomic E-state index is 13.1. The number of furan rings is 1. The van der Waals surface area contributed by atoms with Crippen LogP contribution in [0.15, 0.2) is 64.4 Å². The van der Waals surface area contributed by atoms with Crippen molar-refractivity contribution in [1.29, 1.82) is 0 Å². The fourth-order valence-corrected chi connectivity index (χ4v) is 4.10. The van der Waals surface area contributed by atoms with Gasteiger partial charge in [-0.25, -0.2) is 4.98 Å². The number of nitrogens with zero attached hydrogens (tertiary/aromatic N) is 3. The van der Waals surface area contributed by atoms with E-state index in [0.29, 0.717) is 17.5 Å². The predicted octanol–water partition coefficient (Wildman–Crippen LogP) is 4.89. The minimum absolute atomic E-state index is 0.0693. The van der Waals surface area contributed by atoms with Crippen molar-refractivity contribution >= 4 is 17.5 Å². The Kier molecular flexibility index (Phi) is 5.40. The molecule has 4 aromatic rings. The summed E-state index contributed by atoms with van der Waals surface area (Å²) >= 11 is 1.36. The molecule has 0 radical (unpaired) electrons.